The van der Waals surface area contributed by atoms with Crippen LogP contribution in [0.25, 0.3) is 0 Å². The molecule has 2 fully saturated rings. The van der Waals surface area contributed by atoms with Crippen molar-refractivity contribution in [3.8, 4) is 5.75 Å². The smallest absolute Gasteiger partial charge is 0.233 e. The summed E-state index contributed by atoms with van der Waals surface area (Å²) in [6, 6.07) is 6.53. The molecule has 23 heavy (non-hydrogen) atoms. The van der Waals surface area contributed by atoms with Gasteiger partial charge in [-0.1, -0.05) is 18.6 Å². The Morgan fingerprint density at radius 1 is 1.43 bits per heavy atom. The fourth-order valence-corrected chi connectivity index (χ4v) is 4.15. The molecule has 0 bridgehead atoms. The average Bonchev–Trinajstić information content (AvgIpc) is 2.88. The lowest BCUT2D eigenvalue weighted by molar-refractivity contribution is -0.141. The molecule has 2 atom stereocenters. The molecule has 0 radical (unpaired) electrons. The van der Waals surface area contributed by atoms with Crippen LogP contribution in [0.1, 0.15) is 43.7 Å². The van der Waals surface area contributed by atoms with E-state index in [9.17, 15) is 4.79 Å². The second-order valence-corrected chi connectivity index (χ2v) is 7.26. The second-order valence-electron chi connectivity index (χ2n) is 7.26. The number of carbonyl (C=O) groups excluding carboxylic acids is 1. The lowest BCUT2D eigenvalue weighted by Gasteiger charge is -2.44. The van der Waals surface area contributed by atoms with E-state index >= 15 is 0 Å². The molecule has 2 aliphatic rings. The largest absolute Gasteiger partial charge is 0.496 e. The summed E-state index contributed by atoms with van der Waals surface area (Å²) in [7, 11) is 1.69. The van der Waals surface area contributed by atoms with E-state index in [0.717, 1.165) is 49.1 Å². The van der Waals surface area contributed by atoms with Crippen molar-refractivity contribution in [2.45, 2.75) is 51.0 Å². The highest BCUT2D eigenvalue weighted by molar-refractivity contribution is 5.90. The molecular formula is C19H28N2O2. The van der Waals surface area contributed by atoms with Crippen LogP contribution in [0.3, 0.4) is 0 Å². The minimum Gasteiger partial charge on any atom is -0.496 e. The summed E-state index contributed by atoms with van der Waals surface area (Å²) >= 11 is 0. The maximum atomic E-state index is 13.4. The summed E-state index contributed by atoms with van der Waals surface area (Å²) in [5, 5.41) is 0. The Kier molecular flexibility index (Phi) is 4.37. The number of rotatable bonds is 4. The summed E-state index contributed by atoms with van der Waals surface area (Å²) in [5.41, 5.74) is 7.69. The number of amides is 1. The maximum absolute atomic E-state index is 13.4. The van der Waals surface area contributed by atoms with Crippen molar-refractivity contribution in [3.63, 3.8) is 0 Å². The summed E-state index contributed by atoms with van der Waals surface area (Å²) < 4.78 is 5.47. The third kappa shape index (κ3) is 2.63. The molecule has 1 saturated heterocycles. The molecule has 4 nitrogen and oxygen atoms in total. The number of hydrogen-bond donors (Lipinski definition) is 1. The number of nitrogens with zero attached hydrogens (tertiary/aromatic N) is 1. The molecule has 2 N–H and O–H groups in total. The fourth-order valence-electron chi connectivity index (χ4n) is 4.15. The highest BCUT2D eigenvalue weighted by Crippen LogP contribution is 2.47. The molecule has 126 valence electrons. The Morgan fingerprint density at radius 2 is 2.17 bits per heavy atom. The Morgan fingerprint density at radius 3 is 2.70 bits per heavy atom. The van der Waals surface area contributed by atoms with Crippen LogP contribution in [0, 0.1) is 12.8 Å². The Bertz CT molecular complexity index is 595. The van der Waals surface area contributed by atoms with E-state index in [2.05, 4.69) is 30.0 Å². The van der Waals surface area contributed by atoms with Gasteiger partial charge in [0.15, 0.2) is 0 Å². The van der Waals surface area contributed by atoms with Crippen LogP contribution < -0.4 is 10.5 Å². The molecular weight excluding hydrogens is 288 g/mol. The maximum Gasteiger partial charge on any atom is 0.233 e. The molecule has 1 aromatic rings. The van der Waals surface area contributed by atoms with Crippen molar-refractivity contribution in [2.75, 3.05) is 20.2 Å². The second kappa shape index (κ2) is 6.16. The summed E-state index contributed by atoms with van der Waals surface area (Å²) in [6.45, 7) is 5.66. The van der Waals surface area contributed by atoms with Gasteiger partial charge in [-0.15, -0.1) is 0 Å². The van der Waals surface area contributed by atoms with Crippen molar-refractivity contribution in [1.82, 2.24) is 4.90 Å². The Hall–Kier alpha value is -1.55. The molecule has 4 heteroatoms. The molecule has 1 saturated carbocycles. The van der Waals surface area contributed by atoms with E-state index < -0.39 is 0 Å². The molecule has 0 aromatic heterocycles. The number of methoxy groups -OCH3 is 1. The van der Waals surface area contributed by atoms with E-state index in [1.54, 1.807) is 7.11 Å². The highest BCUT2D eigenvalue weighted by atomic mass is 16.5. The first-order valence-electron chi connectivity index (χ1n) is 8.68. The molecule has 1 amide bonds. The third-order valence-corrected chi connectivity index (χ3v) is 5.83. The lowest BCUT2D eigenvalue weighted by atomic mass is 9.63. The first kappa shape index (κ1) is 16.3. The van der Waals surface area contributed by atoms with Crippen LogP contribution >= 0.6 is 0 Å². The first-order valence-corrected chi connectivity index (χ1v) is 8.68. The normalized spacial score (nSPS) is 26.0. The predicted molar refractivity (Wildman–Crippen MR) is 91.6 cm³/mol. The number of carbonyl (C=O) groups is 1. The average molecular weight is 316 g/mol. The van der Waals surface area contributed by atoms with E-state index in [4.69, 9.17) is 10.5 Å². The summed E-state index contributed by atoms with van der Waals surface area (Å²) in [6.07, 6.45) is 4.02. The van der Waals surface area contributed by atoms with Gasteiger partial charge in [-0.3, -0.25) is 4.79 Å². The van der Waals surface area contributed by atoms with Crippen LogP contribution in [-0.2, 0) is 10.2 Å². The monoisotopic (exact) mass is 316 g/mol. The molecule has 2 unspecified atom stereocenters. The fraction of sp³-hybridized carbons (Fsp3) is 0.632. The van der Waals surface area contributed by atoms with Gasteiger partial charge in [0.25, 0.3) is 0 Å². The van der Waals surface area contributed by atoms with Crippen molar-refractivity contribution >= 4 is 5.91 Å². The first-order chi connectivity index (χ1) is 11.0. The minimum absolute atomic E-state index is 0.290. The van der Waals surface area contributed by atoms with Crippen molar-refractivity contribution < 1.29 is 9.53 Å². The lowest BCUT2D eigenvalue weighted by Crippen LogP contribution is -2.52. The molecule has 1 heterocycles. The van der Waals surface area contributed by atoms with E-state index in [1.165, 1.54) is 0 Å². The van der Waals surface area contributed by atoms with Gasteiger partial charge in [-0.25, -0.2) is 0 Å². The van der Waals surface area contributed by atoms with Crippen LogP contribution in [0.4, 0.5) is 0 Å². The number of benzene rings is 1. The van der Waals surface area contributed by atoms with Crippen molar-refractivity contribution in [2.24, 2.45) is 11.7 Å². The number of likely N-dealkylation sites (tertiary alicyclic amines) is 1. The topological polar surface area (TPSA) is 55.6 Å². The predicted octanol–water partition coefficient (Wildman–Crippen LogP) is 2.62. The molecule has 1 aliphatic carbocycles. The number of ether oxygens (including phenoxy) is 1. The van der Waals surface area contributed by atoms with Gasteiger partial charge in [0.05, 0.1) is 12.5 Å². The van der Waals surface area contributed by atoms with Crippen LogP contribution in [0.15, 0.2) is 18.2 Å². The third-order valence-electron chi connectivity index (χ3n) is 5.83. The number of nitrogens with two attached hydrogens (primary N) is 1. The molecule has 0 spiro atoms. The highest BCUT2D eigenvalue weighted by Gasteiger charge is 2.50. The van der Waals surface area contributed by atoms with Gasteiger partial charge in [0.1, 0.15) is 5.75 Å². The minimum atomic E-state index is -0.348. The van der Waals surface area contributed by atoms with Gasteiger partial charge in [-0.2, -0.15) is 0 Å². The summed E-state index contributed by atoms with van der Waals surface area (Å²) in [5.74, 6) is 1.60. The van der Waals surface area contributed by atoms with Gasteiger partial charge in [-0.05, 0) is 62.8 Å². The molecule has 1 aromatic carbocycles. The van der Waals surface area contributed by atoms with Gasteiger partial charge in [0.2, 0.25) is 5.91 Å². The number of aryl methyl sites for hydroxylation is 1. The number of hydrogen-bond acceptors (Lipinski definition) is 3. The summed E-state index contributed by atoms with van der Waals surface area (Å²) in [4.78, 5) is 15.4. The Balaban J connectivity index is 1.90. The SMILES string of the molecule is COc1cc(C2(C(=O)N3CC(CN)CC3C)CCC2)ccc1C. The molecule has 3 rings (SSSR count). The van der Waals surface area contributed by atoms with Gasteiger partial charge < -0.3 is 15.4 Å². The molecule has 1 aliphatic heterocycles. The van der Waals surface area contributed by atoms with E-state index in [-0.39, 0.29) is 11.3 Å². The van der Waals surface area contributed by atoms with Crippen LogP contribution in [0.2, 0.25) is 0 Å². The zero-order chi connectivity index (χ0) is 16.6. The quantitative estimate of drug-likeness (QED) is 0.929. The Labute approximate surface area is 139 Å². The van der Waals surface area contributed by atoms with E-state index in [1.807, 2.05) is 6.92 Å². The zero-order valence-electron chi connectivity index (χ0n) is 14.5. The van der Waals surface area contributed by atoms with Gasteiger partial charge >= 0.3 is 0 Å². The van der Waals surface area contributed by atoms with Gasteiger partial charge in [0, 0.05) is 12.6 Å². The van der Waals surface area contributed by atoms with Crippen molar-refractivity contribution in [1.29, 1.82) is 0 Å². The van der Waals surface area contributed by atoms with E-state index in [0.29, 0.717) is 18.5 Å². The van der Waals surface area contributed by atoms with Crippen LogP contribution in [0.5, 0.6) is 5.75 Å². The van der Waals surface area contributed by atoms with Crippen molar-refractivity contribution in [3.05, 3.63) is 29.3 Å². The zero-order valence-corrected chi connectivity index (χ0v) is 14.5. The standard InChI is InChI=1S/C19H28N2O2/c1-13-5-6-16(10-17(13)23-3)19(7-4-8-19)18(22)21-12-15(11-20)9-14(21)2/h5-6,10,14-15H,4,7-9,11-12,20H2,1-3H3. The van der Waals surface area contributed by atoms with Crippen LogP contribution in [-0.4, -0.2) is 37.0 Å².